The van der Waals surface area contributed by atoms with Crippen molar-refractivity contribution in [2.45, 2.75) is 122 Å². The van der Waals surface area contributed by atoms with Crippen molar-refractivity contribution in [3.8, 4) is 0 Å². The van der Waals surface area contributed by atoms with E-state index in [9.17, 15) is 4.79 Å². The highest BCUT2D eigenvalue weighted by Gasteiger charge is 1.97. The fourth-order valence-corrected chi connectivity index (χ4v) is 3.52. The van der Waals surface area contributed by atoms with Gasteiger partial charge in [-0.1, -0.05) is 110 Å². The molecular formula is C24H49NO3. The van der Waals surface area contributed by atoms with Crippen LogP contribution in [0.25, 0.3) is 0 Å². The maximum atomic E-state index is 10.4. The van der Waals surface area contributed by atoms with Crippen LogP contribution in [0.5, 0.6) is 0 Å². The Morgan fingerprint density at radius 2 is 1.04 bits per heavy atom. The normalized spacial score (nSPS) is 13.8. The molecule has 168 valence electrons. The predicted molar refractivity (Wildman–Crippen MR) is 120 cm³/mol. The summed E-state index contributed by atoms with van der Waals surface area (Å²) in [4.78, 5) is 10.4. The minimum Gasteiger partial charge on any atom is -0.481 e. The average Bonchev–Trinajstić information content (AvgIpc) is 2.72. The number of morpholine rings is 1. The van der Waals surface area contributed by atoms with Crippen molar-refractivity contribution < 1.29 is 14.6 Å². The smallest absolute Gasteiger partial charge is 0.303 e. The fraction of sp³-hybridized carbons (Fsp3) is 0.958. The van der Waals surface area contributed by atoms with Gasteiger partial charge in [-0.15, -0.1) is 0 Å². The van der Waals surface area contributed by atoms with E-state index in [2.05, 4.69) is 12.2 Å². The molecule has 2 N–H and O–H groups in total. The van der Waals surface area contributed by atoms with Gasteiger partial charge < -0.3 is 15.2 Å². The molecule has 4 nitrogen and oxygen atoms in total. The summed E-state index contributed by atoms with van der Waals surface area (Å²) in [7, 11) is 0. The van der Waals surface area contributed by atoms with Crippen molar-refractivity contribution in [1.29, 1.82) is 0 Å². The molecule has 0 bridgehead atoms. The molecule has 0 aliphatic carbocycles. The van der Waals surface area contributed by atoms with Gasteiger partial charge in [-0.25, -0.2) is 0 Å². The first kappa shape index (κ1) is 27.4. The standard InChI is InChI=1S/C20H40O2.C4H9NO/c1-2-3-4-5-6-7-8-9-10-11-12-13-14-15-16-17-18-19-20(21)22;1-3-6-4-2-5-1/h2-19H2,1H3,(H,21,22);5H,1-4H2. The molecule has 1 fully saturated rings. The molecule has 28 heavy (non-hydrogen) atoms. The molecule has 1 heterocycles. The number of carboxylic acids is 1. The zero-order valence-electron chi connectivity index (χ0n) is 18.8. The summed E-state index contributed by atoms with van der Waals surface area (Å²) < 4.78 is 5.01. The van der Waals surface area contributed by atoms with E-state index in [-0.39, 0.29) is 0 Å². The van der Waals surface area contributed by atoms with Gasteiger partial charge in [0.2, 0.25) is 0 Å². The van der Waals surface area contributed by atoms with Crippen molar-refractivity contribution in [1.82, 2.24) is 5.32 Å². The molecule has 0 amide bonds. The van der Waals surface area contributed by atoms with E-state index in [0.717, 1.165) is 39.1 Å². The number of aliphatic carboxylic acids is 1. The molecule has 0 atom stereocenters. The van der Waals surface area contributed by atoms with E-state index < -0.39 is 5.97 Å². The van der Waals surface area contributed by atoms with Gasteiger partial charge in [0.1, 0.15) is 0 Å². The third kappa shape index (κ3) is 25.4. The Labute approximate surface area is 175 Å². The number of rotatable bonds is 18. The van der Waals surface area contributed by atoms with E-state index in [0.29, 0.717) is 6.42 Å². The fourth-order valence-electron chi connectivity index (χ4n) is 3.52. The molecule has 0 unspecified atom stereocenters. The van der Waals surface area contributed by atoms with Crippen LogP contribution in [0.1, 0.15) is 122 Å². The van der Waals surface area contributed by atoms with Crippen LogP contribution < -0.4 is 5.32 Å². The Balaban J connectivity index is 0.00000102. The number of hydrogen-bond donors (Lipinski definition) is 2. The molecule has 1 aliphatic rings. The number of ether oxygens (including phenoxy) is 1. The van der Waals surface area contributed by atoms with Gasteiger partial charge in [-0.3, -0.25) is 4.79 Å². The predicted octanol–water partition coefficient (Wildman–Crippen LogP) is 6.72. The van der Waals surface area contributed by atoms with Crippen LogP contribution in [0.3, 0.4) is 0 Å². The second kappa shape index (κ2) is 24.4. The van der Waals surface area contributed by atoms with Crippen LogP contribution >= 0.6 is 0 Å². The summed E-state index contributed by atoms with van der Waals surface area (Å²) in [5.74, 6) is -0.652. The van der Waals surface area contributed by atoms with E-state index in [1.54, 1.807) is 0 Å². The van der Waals surface area contributed by atoms with Crippen LogP contribution in [0.2, 0.25) is 0 Å². The van der Waals surface area contributed by atoms with Gasteiger partial charge in [-0.2, -0.15) is 0 Å². The second-order valence-corrected chi connectivity index (χ2v) is 8.16. The number of nitrogens with one attached hydrogen (secondary N) is 1. The lowest BCUT2D eigenvalue weighted by Crippen LogP contribution is -2.30. The second-order valence-electron chi connectivity index (χ2n) is 8.16. The molecule has 0 aromatic heterocycles. The van der Waals surface area contributed by atoms with Gasteiger partial charge in [-0.05, 0) is 6.42 Å². The molecule has 4 heteroatoms. The third-order valence-corrected chi connectivity index (χ3v) is 5.34. The Bertz CT molecular complexity index is 295. The summed E-state index contributed by atoms with van der Waals surface area (Å²) in [6.45, 7) is 6.11. The van der Waals surface area contributed by atoms with Crippen molar-refractivity contribution >= 4 is 5.97 Å². The van der Waals surface area contributed by atoms with Gasteiger partial charge in [0.05, 0.1) is 13.2 Å². The molecular weight excluding hydrogens is 350 g/mol. The molecule has 0 aromatic rings. The Hall–Kier alpha value is -0.610. The molecule has 1 saturated heterocycles. The van der Waals surface area contributed by atoms with Gasteiger partial charge in [0.25, 0.3) is 0 Å². The summed E-state index contributed by atoms with van der Waals surface area (Å²) in [6.07, 6.45) is 23.1. The van der Waals surface area contributed by atoms with Crippen LogP contribution in [0, 0.1) is 0 Å². The van der Waals surface area contributed by atoms with Crippen LogP contribution in [0.4, 0.5) is 0 Å². The summed E-state index contributed by atoms with van der Waals surface area (Å²) >= 11 is 0. The quantitative estimate of drug-likeness (QED) is 0.251. The number of carbonyl (C=O) groups is 1. The van der Waals surface area contributed by atoms with Gasteiger partial charge >= 0.3 is 5.97 Å². The minimum atomic E-state index is -0.652. The van der Waals surface area contributed by atoms with E-state index in [1.807, 2.05) is 0 Å². The zero-order valence-corrected chi connectivity index (χ0v) is 18.8. The minimum absolute atomic E-state index is 0.346. The van der Waals surface area contributed by atoms with E-state index in [4.69, 9.17) is 9.84 Å². The largest absolute Gasteiger partial charge is 0.481 e. The summed E-state index contributed by atoms with van der Waals surface area (Å²) in [5.41, 5.74) is 0. The van der Waals surface area contributed by atoms with Gasteiger partial charge in [0.15, 0.2) is 0 Å². The molecule has 1 rings (SSSR count). The lowest BCUT2D eigenvalue weighted by Gasteiger charge is -2.10. The topological polar surface area (TPSA) is 58.6 Å². The maximum absolute atomic E-state index is 10.4. The third-order valence-electron chi connectivity index (χ3n) is 5.34. The van der Waals surface area contributed by atoms with Crippen molar-refractivity contribution in [2.24, 2.45) is 0 Å². The monoisotopic (exact) mass is 399 g/mol. The Morgan fingerprint density at radius 3 is 1.29 bits per heavy atom. The highest BCUT2D eigenvalue weighted by Crippen LogP contribution is 2.14. The first-order valence-electron chi connectivity index (χ1n) is 12.3. The summed E-state index contributed by atoms with van der Waals surface area (Å²) in [6, 6.07) is 0. The molecule has 0 aromatic carbocycles. The number of unbranched alkanes of at least 4 members (excludes halogenated alkanes) is 16. The van der Waals surface area contributed by atoms with Gasteiger partial charge in [0, 0.05) is 19.5 Å². The Morgan fingerprint density at radius 1 is 0.679 bits per heavy atom. The first-order chi connectivity index (χ1) is 13.8. The number of hydrogen-bond acceptors (Lipinski definition) is 3. The molecule has 1 aliphatic heterocycles. The molecule has 0 saturated carbocycles. The summed E-state index contributed by atoms with van der Waals surface area (Å²) in [5, 5.41) is 11.7. The van der Waals surface area contributed by atoms with Crippen LogP contribution in [-0.4, -0.2) is 37.4 Å². The SMILES string of the molecule is C1COCCN1.CCCCCCCCCCCCCCCCCCCC(=O)O. The first-order valence-corrected chi connectivity index (χ1v) is 12.3. The number of carboxylic acid groups (broad SMARTS) is 1. The molecule has 0 radical (unpaired) electrons. The molecule has 0 spiro atoms. The lowest BCUT2D eigenvalue weighted by atomic mass is 10.0. The van der Waals surface area contributed by atoms with E-state index in [1.165, 1.54) is 96.3 Å². The maximum Gasteiger partial charge on any atom is 0.303 e. The van der Waals surface area contributed by atoms with E-state index >= 15 is 0 Å². The zero-order chi connectivity index (χ0) is 20.5. The van der Waals surface area contributed by atoms with Crippen molar-refractivity contribution in [3.05, 3.63) is 0 Å². The van der Waals surface area contributed by atoms with Crippen LogP contribution in [-0.2, 0) is 9.53 Å². The highest BCUT2D eigenvalue weighted by molar-refractivity contribution is 5.66. The van der Waals surface area contributed by atoms with Crippen molar-refractivity contribution in [2.75, 3.05) is 26.3 Å². The highest BCUT2D eigenvalue weighted by atomic mass is 16.5. The Kier molecular flexibility index (Phi) is 23.9. The van der Waals surface area contributed by atoms with Crippen LogP contribution in [0.15, 0.2) is 0 Å². The van der Waals surface area contributed by atoms with Crippen molar-refractivity contribution in [3.63, 3.8) is 0 Å². The average molecular weight is 400 g/mol. The lowest BCUT2D eigenvalue weighted by molar-refractivity contribution is -0.137.